The highest BCUT2D eigenvalue weighted by Crippen LogP contribution is 2.29. The van der Waals surface area contributed by atoms with E-state index < -0.39 is 5.41 Å². The van der Waals surface area contributed by atoms with Crippen molar-refractivity contribution >= 4 is 39.4 Å². The molecule has 2 aromatic rings. The van der Waals surface area contributed by atoms with Gasteiger partial charge in [0.2, 0.25) is 0 Å². The third-order valence-electron chi connectivity index (χ3n) is 2.89. The number of pyridine rings is 1. The van der Waals surface area contributed by atoms with Crippen molar-refractivity contribution in [3.63, 3.8) is 0 Å². The second kappa shape index (κ2) is 4.29. The highest BCUT2D eigenvalue weighted by atomic mass is 127. The summed E-state index contributed by atoms with van der Waals surface area (Å²) in [5, 5.41) is 5.33. The molecule has 4 nitrogen and oxygen atoms in total. The maximum atomic E-state index is 12.4. The number of rotatable bonds is 1. The van der Waals surface area contributed by atoms with Crippen LogP contribution in [-0.4, -0.2) is 20.5 Å². The minimum Gasteiger partial charge on any atom is -0.293 e. The van der Waals surface area contributed by atoms with Crippen LogP contribution in [0.15, 0.2) is 6.20 Å². The molecule has 18 heavy (non-hydrogen) atoms. The molecule has 2 heterocycles. The predicted octanol–water partition coefficient (Wildman–Crippen LogP) is 3.11. The van der Waals surface area contributed by atoms with E-state index in [9.17, 15) is 4.79 Å². The fourth-order valence-electron chi connectivity index (χ4n) is 1.93. The summed E-state index contributed by atoms with van der Waals surface area (Å²) in [6, 6.07) is 0. The van der Waals surface area contributed by atoms with E-state index in [4.69, 9.17) is 0 Å². The van der Waals surface area contributed by atoms with Crippen molar-refractivity contribution in [2.24, 2.45) is 12.5 Å². The molecular formula is C13H16IN3O. The lowest BCUT2D eigenvalue weighted by Crippen LogP contribution is -2.21. The van der Waals surface area contributed by atoms with E-state index in [1.54, 1.807) is 10.9 Å². The summed E-state index contributed by atoms with van der Waals surface area (Å²) in [6.45, 7) is 7.71. The number of hydrogen-bond donors (Lipinski definition) is 0. The first kappa shape index (κ1) is 13.5. The van der Waals surface area contributed by atoms with Crippen LogP contribution in [0.2, 0.25) is 0 Å². The van der Waals surface area contributed by atoms with Crippen LogP contribution in [0.5, 0.6) is 0 Å². The molecule has 0 aliphatic rings. The highest BCUT2D eigenvalue weighted by molar-refractivity contribution is 14.1. The van der Waals surface area contributed by atoms with E-state index in [1.807, 2.05) is 34.7 Å². The Balaban J connectivity index is 2.73. The van der Waals surface area contributed by atoms with Crippen molar-refractivity contribution in [3.05, 3.63) is 21.0 Å². The van der Waals surface area contributed by atoms with Crippen molar-refractivity contribution in [1.29, 1.82) is 0 Å². The minimum atomic E-state index is -0.397. The van der Waals surface area contributed by atoms with E-state index in [1.165, 1.54) is 0 Å². The molecule has 0 spiro atoms. The molecule has 2 aromatic heterocycles. The predicted molar refractivity (Wildman–Crippen MR) is 79.7 cm³/mol. The van der Waals surface area contributed by atoms with Crippen molar-refractivity contribution in [2.75, 3.05) is 0 Å². The number of aryl methyl sites for hydroxylation is 2. The number of hydrogen-bond acceptors (Lipinski definition) is 3. The smallest absolute Gasteiger partial charge is 0.170 e. The van der Waals surface area contributed by atoms with Gasteiger partial charge in [-0.2, -0.15) is 5.10 Å². The average molecular weight is 357 g/mol. The Kier molecular flexibility index (Phi) is 3.21. The van der Waals surface area contributed by atoms with Gasteiger partial charge in [0.25, 0.3) is 0 Å². The van der Waals surface area contributed by atoms with Gasteiger partial charge >= 0.3 is 0 Å². The number of Topliss-reactive ketones (excluding diaryl/α,β-unsaturated/α-hetero) is 1. The zero-order valence-electron chi connectivity index (χ0n) is 11.2. The topological polar surface area (TPSA) is 47.8 Å². The number of fused-ring (bicyclic) bond motifs is 1. The van der Waals surface area contributed by atoms with Gasteiger partial charge in [-0.1, -0.05) is 20.8 Å². The van der Waals surface area contributed by atoms with Crippen LogP contribution in [0, 0.1) is 15.9 Å². The molecule has 0 atom stereocenters. The van der Waals surface area contributed by atoms with Gasteiger partial charge < -0.3 is 0 Å². The van der Waals surface area contributed by atoms with Gasteiger partial charge in [-0.25, -0.2) is 4.98 Å². The zero-order chi connectivity index (χ0) is 13.7. The number of aromatic nitrogens is 3. The van der Waals surface area contributed by atoms with Gasteiger partial charge in [0.05, 0.1) is 16.6 Å². The van der Waals surface area contributed by atoms with Crippen molar-refractivity contribution in [3.8, 4) is 0 Å². The number of carbonyl (C=O) groups is 1. The Morgan fingerprint density at radius 3 is 2.56 bits per heavy atom. The first-order valence-electron chi connectivity index (χ1n) is 5.76. The number of ketones is 1. The molecule has 0 N–H and O–H groups in total. The molecule has 2 rings (SSSR count). The average Bonchev–Trinajstić information content (AvgIpc) is 2.53. The summed E-state index contributed by atoms with van der Waals surface area (Å²) in [4.78, 5) is 16.7. The maximum absolute atomic E-state index is 12.4. The van der Waals surface area contributed by atoms with E-state index in [0.29, 0.717) is 5.56 Å². The second-order valence-corrected chi connectivity index (χ2v) is 6.55. The fourth-order valence-corrected chi connectivity index (χ4v) is 2.95. The third kappa shape index (κ3) is 2.04. The van der Waals surface area contributed by atoms with Crippen molar-refractivity contribution in [1.82, 2.24) is 14.8 Å². The number of nitrogens with zero attached hydrogens (tertiary/aromatic N) is 3. The molecular weight excluding hydrogens is 341 g/mol. The molecule has 0 radical (unpaired) electrons. The molecule has 0 aromatic carbocycles. The molecule has 0 bridgehead atoms. The fraction of sp³-hybridized carbons (Fsp3) is 0.462. The zero-order valence-corrected chi connectivity index (χ0v) is 13.4. The summed E-state index contributed by atoms with van der Waals surface area (Å²) in [5.74, 6) is 0.115. The molecule has 0 saturated heterocycles. The SMILES string of the molecule is Cc1nn(C)c2ncc(C(=O)C(C)(C)C)c(I)c12. The lowest BCUT2D eigenvalue weighted by atomic mass is 9.87. The molecule has 0 fully saturated rings. The van der Waals surface area contributed by atoms with Crippen molar-refractivity contribution in [2.45, 2.75) is 27.7 Å². The Labute approximate surface area is 120 Å². The standard InChI is InChI=1S/C13H16IN3O/c1-7-9-10(14)8(11(18)13(2,3)4)6-15-12(9)17(5)16-7/h6H,1-5H3. The Bertz CT molecular complexity index is 638. The van der Waals surface area contributed by atoms with E-state index >= 15 is 0 Å². The Morgan fingerprint density at radius 2 is 2.00 bits per heavy atom. The van der Waals surface area contributed by atoms with Crippen LogP contribution < -0.4 is 0 Å². The van der Waals surface area contributed by atoms with Crippen LogP contribution in [0.1, 0.15) is 36.8 Å². The summed E-state index contributed by atoms with van der Waals surface area (Å²) >= 11 is 2.22. The quantitative estimate of drug-likeness (QED) is 0.582. The van der Waals surface area contributed by atoms with Gasteiger partial charge in [0, 0.05) is 22.2 Å². The van der Waals surface area contributed by atoms with Crippen LogP contribution in [-0.2, 0) is 7.05 Å². The van der Waals surface area contributed by atoms with Gasteiger partial charge in [-0.15, -0.1) is 0 Å². The molecule has 96 valence electrons. The van der Waals surface area contributed by atoms with Crippen LogP contribution in [0.25, 0.3) is 11.0 Å². The normalized spacial score (nSPS) is 12.1. The molecule has 0 aliphatic heterocycles. The number of carbonyl (C=O) groups excluding carboxylic acids is 1. The van der Waals surface area contributed by atoms with Gasteiger partial charge in [0.15, 0.2) is 11.4 Å². The lowest BCUT2D eigenvalue weighted by Gasteiger charge is -2.17. The van der Waals surface area contributed by atoms with Gasteiger partial charge in [0.1, 0.15) is 0 Å². The van der Waals surface area contributed by atoms with E-state index in [0.717, 1.165) is 20.3 Å². The second-order valence-electron chi connectivity index (χ2n) is 5.47. The summed E-state index contributed by atoms with van der Waals surface area (Å²) in [7, 11) is 1.86. The molecule has 0 saturated carbocycles. The minimum absolute atomic E-state index is 0.115. The summed E-state index contributed by atoms with van der Waals surface area (Å²) in [5.41, 5.74) is 2.02. The van der Waals surface area contributed by atoms with Gasteiger partial charge in [-0.05, 0) is 29.5 Å². The van der Waals surface area contributed by atoms with Gasteiger partial charge in [-0.3, -0.25) is 9.48 Å². The first-order chi connectivity index (χ1) is 8.23. The molecule has 0 unspecified atom stereocenters. The molecule has 5 heteroatoms. The van der Waals surface area contributed by atoms with Crippen LogP contribution >= 0.6 is 22.6 Å². The van der Waals surface area contributed by atoms with E-state index in [2.05, 4.69) is 32.7 Å². The first-order valence-corrected chi connectivity index (χ1v) is 6.84. The van der Waals surface area contributed by atoms with Crippen molar-refractivity contribution < 1.29 is 4.79 Å². The van der Waals surface area contributed by atoms with Crippen LogP contribution in [0.3, 0.4) is 0 Å². The number of halogens is 1. The van der Waals surface area contributed by atoms with E-state index in [-0.39, 0.29) is 5.78 Å². The Hall–Kier alpha value is -0.980. The monoisotopic (exact) mass is 357 g/mol. The highest BCUT2D eigenvalue weighted by Gasteiger charge is 2.26. The third-order valence-corrected chi connectivity index (χ3v) is 4.01. The largest absolute Gasteiger partial charge is 0.293 e. The summed E-state index contributed by atoms with van der Waals surface area (Å²) < 4.78 is 2.70. The lowest BCUT2D eigenvalue weighted by molar-refractivity contribution is 0.0857. The molecule has 0 amide bonds. The maximum Gasteiger partial charge on any atom is 0.170 e. The summed E-state index contributed by atoms with van der Waals surface area (Å²) in [6.07, 6.45) is 1.67. The molecule has 0 aliphatic carbocycles. The van der Waals surface area contributed by atoms with Crippen LogP contribution in [0.4, 0.5) is 0 Å². The Morgan fingerprint density at radius 1 is 1.39 bits per heavy atom.